The molecule has 2 atom stereocenters. The van der Waals surface area contributed by atoms with Crippen LogP contribution in [0.3, 0.4) is 0 Å². The number of likely N-dealkylation sites (tertiary alicyclic amines) is 1. The van der Waals surface area contributed by atoms with Gasteiger partial charge in [-0.15, -0.1) is 0 Å². The molecule has 2 heterocycles. The first-order valence-corrected chi connectivity index (χ1v) is 8.37. The Morgan fingerprint density at radius 3 is 2.42 bits per heavy atom. The van der Waals surface area contributed by atoms with Gasteiger partial charge in [0.15, 0.2) is 11.5 Å². The van der Waals surface area contributed by atoms with Crippen molar-refractivity contribution in [3.63, 3.8) is 0 Å². The maximum absolute atomic E-state index is 12.4. The van der Waals surface area contributed by atoms with Gasteiger partial charge in [0.05, 0.1) is 31.7 Å². The minimum absolute atomic E-state index is 0.144. The summed E-state index contributed by atoms with van der Waals surface area (Å²) in [5.41, 5.74) is 0.485. The highest BCUT2D eigenvalue weighted by atomic mass is 16.5. The molecular formula is C18H25N3O3. The van der Waals surface area contributed by atoms with E-state index in [2.05, 4.69) is 28.7 Å². The number of aromatic amines is 1. The number of methoxy groups -OCH3 is 2. The predicted octanol–water partition coefficient (Wildman–Crippen LogP) is 2.42. The molecule has 0 radical (unpaired) electrons. The second-order valence-electron chi connectivity index (χ2n) is 6.88. The highest BCUT2D eigenvalue weighted by Gasteiger charge is 2.22. The van der Waals surface area contributed by atoms with Gasteiger partial charge in [-0.3, -0.25) is 9.69 Å². The Kier molecular flexibility index (Phi) is 4.76. The van der Waals surface area contributed by atoms with E-state index in [1.165, 1.54) is 6.42 Å². The number of hydrogen-bond donors (Lipinski definition) is 1. The average molecular weight is 331 g/mol. The fourth-order valence-electron chi connectivity index (χ4n) is 3.72. The quantitative estimate of drug-likeness (QED) is 0.932. The Labute approximate surface area is 141 Å². The molecule has 2 aromatic rings. The maximum atomic E-state index is 12.4. The molecule has 130 valence electrons. The largest absolute Gasteiger partial charge is 0.493 e. The van der Waals surface area contributed by atoms with Gasteiger partial charge in [0, 0.05) is 19.2 Å². The average Bonchev–Trinajstić information content (AvgIpc) is 2.52. The zero-order chi connectivity index (χ0) is 17.3. The summed E-state index contributed by atoms with van der Waals surface area (Å²) in [5.74, 6) is 3.15. The number of benzene rings is 1. The fourth-order valence-corrected chi connectivity index (χ4v) is 3.72. The Morgan fingerprint density at radius 1 is 1.17 bits per heavy atom. The van der Waals surface area contributed by atoms with E-state index in [0.29, 0.717) is 46.6 Å². The van der Waals surface area contributed by atoms with Gasteiger partial charge in [-0.05, 0) is 24.3 Å². The van der Waals surface area contributed by atoms with Crippen LogP contribution in [0.2, 0.25) is 0 Å². The van der Waals surface area contributed by atoms with E-state index in [1.807, 2.05) is 0 Å². The lowest BCUT2D eigenvalue weighted by atomic mass is 9.92. The Morgan fingerprint density at radius 2 is 1.79 bits per heavy atom. The van der Waals surface area contributed by atoms with Crippen molar-refractivity contribution >= 4 is 10.9 Å². The number of nitrogens with one attached hydrogen (secondary N) is 1. The molecule has 3 rings (SSSR count). The second-order valence-corrected chi connectivity index (χ2v) is 6.88. The van der Waals surface area contributed by atoms with E-state index in [0.717, 1.165) is 13.1 Å². The molecular weight excluding hydrogens is 306 g/mol. The molecule has 1 N–H and O–H groups in total. The highest BCUT2D eigenvalue weighted by Crippen LogP contribution is 2.30. The standard InChI is InChI=1S/C18H25N3O3/c1-11-5-12(2)9-21(8-11)10-17-19-14-7-16(24-4)15(23-3)6-13(14)18(22)20-17/h6-7,11-12H,5,8-10H2,1-4H3,(H,19,20,22)/t11-,12-/m1/s1. The molecule has 1 fully saturated rings. The molecule has 1 aromatic heterocycles. The molecule has 0 unspecified atom stereocenters. The fraction of sp³-hybridized carbons (Fsp3) is 0.556. The number of H-pyrrole nitrogens is 1. The molecule has 6 nitrogen and oxygen atoms in total. The molecule has 1 saturated heterocycles. The lowest BCUT2D eigenvalue weighted by Gasteiger charge is -2.34. The van der Waals surface area contributed by atoms with Crippen LogP contribution in [0.5, 0.6) is 11.5 Å². The SMILES string of the molecule is COc1cc2nc(CN3C[C@H](C)C[C@@H](C)C3)[nH]c(=O)c2cc1OC. The number of fused-ring (bicyclic) bond motifs is 1. The van der Waals surface area contributed by atoms with Crippen LogP contribution in [0.25, 0.3) is 10.9 Å². The van der Waals surface area contributed by atoms with E-state index in [1.54, 1.807) is 26.4 Å². The van der Waals surface area contributed by atoms with Crippen molar-refractivity contribution in [2.24, 2.45) is 11.8 Å². The van der Waals surface area contributed by atoms with Crippen LogP contribution >= 0.6 is 0 Å². The lowest BCUT2D eigenvalue weighted by Crippen LogP contribution is -2.38. The predicted molar refractivity (Wildman–Crippen MR) is 93.7 cm³/mol. The van der Waals surface area contributed by atoms with E-state index < -0.39 is 0 Å². The topological polar surface area (TPSA) is 67.5 Å². The molecule has 0 bridgehead atoms. The number of piperidine rings is 1. The molecule has 0 saturated carbocycles. The summed E-state index contributed by atoms with van der Waals surface area (Å²) in [5, 5.41) is 0.511. The van der Waals surface area contributed by atoms with Crippen molar-refractivity contribution in [3.05, 3.63) is 28.3 Å². The summed E-state index contributed by atoms with van der Waals surface area (Å²) in [6, 6.07) is 3.43. The van der Waals surface area contributed by atoms with Crippen LogP contribution < -0.4 is 15.0 Å². The van der Waals surface area contributed by atoms with Gasteiger partial charge < -0.3 is 14.5 Å². The van der Waals surface area contributed by atoms with Crippen LogP contribution in [-0.2, 0) is 6.54 Å². The smallest absolute Gasteiger partial charge is 0.258 e. The molecule has 0 aliphatic carbocycles. The van der Waals surface area contributed by atoms with Gasteiger partial charge >= 0.3 is 0 Å². The monoisotopic (exact) mass is 331 g/mol. The van der Waals surface area contributed by atoms with Crippen molar-refractivity contribution in [3.8, 4) is 11.5 Å². The zero-order valence-electron chi connectivity index (χ0n) is 14.8. The van der Waals surface area contributed by atoms with Gasteiger partial charge in [-0.25, -0.2) is 4.98 Å². The van der Waals surface area contributed by atoms with E-state index in [9.17, 15) is 4.79 Å². The summed E-state index contributed by atoms with van der Waals surface area (Å²) in [6.07, 6.45) is 1.26. The van der Waals surface area contributed by atoms with Gasteiger partial charge in [0.2, 0.25) is 0 Å². The lowest BCUT2D eigenvalue weighted by molar-refractivity contribution is 0.131. The van der Waals surface area contributed by atoms with Gasteiger partial charge in [-0.1, -0.05) is 13.8 Å². The van der Waals surface area contributed by atoms with Crippen LogP contribution in [0.15, 0.2) is 16.9 Å². The molecule has 6 heteroatoms. The summed E-state index contributed by atoms with van der Waals surface area (Å²) in [6.45, 7) is 7.29. The van der Waals surface area contributed by atoms with Crippen molar-refractivity contribution < 1.29 is 9.47 Å². The third-order valence-electron chi connectivity index (χ3n) is 4.58. The zero-order valence-corrected chi connectivity index (χ0v) is 14.8. The minimum Gasteiger partial charge on any atom is -0.493 e. The Hall–Kier alpha value is -2.08. The van der Waals surface area contributed by atoms with Crippen LogP contribution in [0.4, 0.5) is 0 Å². The highest BCUT2D eigenvalue weighted by molar-refractivity contribution is 5.81. The van der Waals surface area contributed by atoms with Crippen LogP contribution in [0, 0.1) is 11.8 Å². The normalized spacial score (nSPS) is 21.8. The van der Waals surface area contributed by atoms with Crippen LogP contribution in [-0.4, -0.2) is 42.2 Å². The summed E-state index contributed by atoms with van der Waals surface area (Å²) < 4.78 is 10.6. The molecule has 0 amide bonds. The van der Waals surface area contributed by atoms with Gasteiger partial charge in [0.1, 0.15) is 5.82 Å². The molecule has 1 aromatic carbocycles. The maximum Gasteiger partial charge on any atom is 0.258 e. The first-order chi connectivity index (χ1) is 11.5. The number of ether oxygens (including phenoxy) is 2. The molecule has 1 aliphatic rings. The molecule has 0 spiro atoms. The first kappa shape index (κ1) is 16.8. The van der Waals surface area contributed by atoms with Crippen molar-refractivity contribution in [2.45, 2.75) is 26.8 Å². The molecule has 24 heavy (non-hydrogen) atoms. The molecule has 1 aliphatic heterocycles. The van der Waals surface area contributed by atoms with Gasteiger partial charge in [0.25, 0.3) is 5.56 Å². The third-order valence-corrected chi connectivity index (χ3v) is 4.58. The third kappa shape index (κ3) is 3.38. The second kappa shape index (κ2) is 6.81. The number of hydrogen-bond acceptors (Lipinski definition) is 5. The summed E-state index contributed by atoms with van der Waals surface area (Å²) in [7, 11) is 3.13. The summed E-state index contributed by atoms with van der Waals surface area (Å²) >= 11 is 0. The van der Waals surface area contributed by atoms with E-state index >= 15 is 0 Å². The minimum atomic E-state index is -0.144. The van der Waals surface area contributed by atoms with Crippen molar-refractivity contribution in [2.75, 3.05) is 27.3 Å². The number of aromatic nitrogens is 2. The summed E-state index contributed by atoms with van der Waals surface area (Å²) in [4.78, 5) is 22.3. The van der Waals surface area contributed by atoms with E-state index in [4.69, 9.17) is 9.47 Å². The number of rotatable bonds is 4. The van der Waals surface area contributed by atoms with Crippen molar-refractivity contribution in [1.29, 1.82) is 0 Å². The Bertz CT molecular complexity index is 777. The van der Waals surface area contributed by atoms with Gasteiger partial charge in [-0.2, -0.15) is 0 Å². The van der Waals surface area contributed by atoms with E-state index in [-0.39, 0.29) is 5.56 Å². The number of nitrogens with zero attached hydrogens (tertiary/aromatic N) is 2. The first-order valence-electron chi connectivity index (χ1n) is 8.37. The van der Waals surface area contributed by atoms with Crippen molar-refractivity contribution in [1.82, 2.24) is 14.9 Å². The van der Waals surface area contributed by atoms with Crippen LogP contribution in [0.1, 0.15) is 26.1 Å². The Balaban J connectivity index is 1.93.